The largest absolute Gasteiger partial charge is 0.368 e. The third-order valence-electron chi connectivity index (χ3n) is 4.05. The molecule has 1 fully saturated rings. The topological polar surface area (TPSA) is 41.1 Å². The van der Waals surface area contributed by atoms with Crippen LogP contribution in [0.2, 0.25) is 5.15 Å². The van der Waals surface area contributed by atoms with Crippen LogP contribution < -0.4 is 5.32 Å². The van der Waals surface area contributed by atoms with E-state index in [4.69, 9.17) is 11.6 Å². The molecule has 1 atom stereocenters. The molecule has 1 aliphatic rings. The summed E-state index contributed by atoms with van der Waals surface area (Å²) in [7, 11) is 2.20. The molecule has 1 N–H and O–H groups in total. The van der Waals surface area contributed by atoms with E-state index >= 15 is 0 Å². The van der Waals surface area contributed by atoms with Gasteiger partial charge in [-0.15, -0.1) is 0 Å². The molecule has 0 aliphatic carbocycles. The monoisotopic (exact) mass is 296 g/mol. The van der Waals surface area contributed by atoms with Crippen molar-refractivity contribution in [2.75, 3.05) is 25.5 Å². The van der Waals surface area contributed by atoms with Crippen molar-refractivity contribution in [3.05, 3.63) is 16.5 Å². The second-order valence-electron chi connectivity index (χ2n) is 6.01. The average Bonchev–Trinajstić information content (AvgIpc) is 2.41. The van der Waals surface area contributed by atoms with Gasteiger partial charge in [0.1, 0.15) is 16.8 Å². The van der Waals surface area contributed by atoms with Gasteiger partial charge in [0.25, 0.3) is 0 Å². The minimum Gasteiger partial charge on any atom is -0.368 e. The SMILES string of the molecule is Cc1c(Cl)nc(C(C)C)nc1NCC1CCCCN1C. The van der Waals surface area contributed by atoms with Crippen molar-refractivity contribution in [1.29, 1.82) is 0 Å². The quantitative estimate of drug-likeness (QED) is 0.864. The highest BCUT2D eigenvalue weighted by Crippen LogP contribution is 2.23. The van der Waals surface area contributed by atoms with Crippen molar-refractivity contribution in [2.45, 2.75) is 52.0 Å². The second kappa shape index (κ2) is 6.72. The van der Waals surface area contributed by atoms with Gasteiger partial charge in [-0.3, -0.25) is 0 Å². The maximum atomic E-state index is 6.21. The molecule has 0 saturated carbocycles. The standard InChI is InChI=1S/C15H25ClN4/c1-10(2)14-18-13(16)11(3)15(19-14)17-9-12-7-5-6-8-20(12)4/h10,12H,5-9H2,1-4H3,(H,17,18,19). The number of hydrogen-bond donors (Lipinski definition) is 1. The lowest BCUT2D eigenvalue weighted by atomic mass is 10.0. The number of halogens is 1. The zero-order valence-corrected chi connectivity index (χ0v) is 13.7. The number of anilines is 1. The number of piperidine rings is 1. The van der Waals surface area contributed by atoms with Gasteiger partial charge in [0.05, 0.1) is 0 Å². The van der Waals surface area contributed by atoms with E-state index in [1.165, 1.54) is 25.8 Å². The second-order valence-corrected chi connectivity index (χ2v) is 6.37. The fourth-order valence-electron chi connectivity index (χ4n) is 2.55. The van der Waals surface area contributed by atoms with Gasteiger partial charge in [0, 0.05) is 24.1 Å². The molecule has 5 heteroatoms. The van der Waals surface area contributed by atoms with E-state index in [9.17, 15) is 0 Å². The summed E-state index contributed by atoms with van der Waals surface area (Å²) in [4.78, 5) is 11.4. The molecule has 0 amide bonds. The molecule has 1 aromatic rings. The van der Waals surface area contributed by atoms with Gasteiger partial charge in [-0.1, -0.05) is 31.9 Å². The molecule has 0 spiro atoms. The predicted octanol–water partition coefficient (Wildman–Crippen LogP) is 3.46. The molecule has 112 valence electrons. The number of aromatic nitrogens is 2. The van der Waals surface area contributed by atoms with Crippen LogP contribution in [0.15, 0.2) is 0 Å². The molecule has 20 heavy (non-hydrogen) atoms. The molecule has 1 unspecified atom stereocenters. The van der Waals surface area contributed by atoms with E-state index in [-0.39, 0.29) is 5.92 Å². The van der Waals surface area contributed by atoms with Gasteiger partial charge < -0.3 is 10.2 Å². The van der Waals surface area contributed by atoms with Crippen LogP contribution >= 0.6 is 11.6 Å². The summed E-state index contributed by atoms with van der Waals surface area (Å²) >= 11 is 6.21. The third-order valence-corrected chi connectivity index (χ3v) is 4.41. The maximum absolute atomic E-state index is 6.21. The van der Waals surface area contributed by atoms with Crippen molar-refractivity contribution in [3.8, 4) is 0 Å². The van der Waals surface area contributed by atoms with Crippen molar-refractivity contribution < 1.29 is 0 Å². The number of rotatable bonds is 4. The third kappa shape index (κ3) is 3.61. The Morgan fingerprint density at radius 1 is 1.35 bits per heavy atom. The molecule has 1 saturated heterocycles. The van der Waals surface area contributed by atoms with E-state index in [1.54, 1.807) is 0 Å². The Hall–Kier alpha value is -0.870. The Balaban J connectivity index is 2.08. The highest BCUT2D eigenvalue weighted by molar-refractivity contribution is 6.30. The van der Waals surface area contributed by atoms with E-state index in [2.05, 4.69) is 41.1 Å². The number of nitrogens with one attached hydrogen (secondary N) is 1. The van der Waals surface area contributed by atoms with Crippen LogP contribution in [-0.4, -0.2) is 41.0 Å². The van der Waals surface area contributed by atoms with Gasteiger partial charge in [0.2, 0.25) is 0 Å². The van der Waals surface area contributed by atoms with E-state index in [1.807, 2.05) is 6.92 Å². The molecule has 0 radical (unpaired) electrons. The average molecular weight is 297 g/mol. The molecule has 2 heterocycles. The first kappa shape index (κ1) is 15.5. The number of nitrogens with zero attached hydrogens (tertiary/aromatic N) is 3. The first-order chi connectivity index (χ1) is 9.49. The van der Waals surface area contributed by atoms with Crippen molar-refractivity contribution >= 4 is 17.4 Å². The van der Waals surface area contributed by atoms with Crippen LogP contribution in [-0.2, 0) is 0 Å². The number of likely N-dealkylation sites (tertiary alicyclic amines) is 1. The Morgan fingerprint density at radius 2 is 2.10 bits per heavy atom. The fraction of sp³-hybridized carbons (Fsp3) is 0.733. The Labute approximate surface area is 126 Å². The van der Waals surface area contributed by atoms with Crippen molar-refractivity contribution in [3.63, 3.8) is 0 Å². The maximum Gasteiger partial charge on any atom is 0.137 e. The highest BCUT2D eigenvalue weighted by Gasteiger charge is 2.19. The smallest absolute Gasteiger partial charge is 0.137 e. The van der Waals surface area contributed by atoms with Crippen molar-refractivity contribution in [1.82, 2.24) is 14.9 Å². The highest BCUT2D eigenvalue weighted by atomic mass is 35.5. The summed E-state index contributed by atoms with van der Waals surface area (Å²) in [5.41, 5.74) is 0.939. The lowest BCUT2D eigenvalue weighted by Gasteiger charge is -2.32. The van der Waals surface area contributed by atoms with Gasteiger partial charge in [-0.05, 0) is 33.4 Å². The Kier molecular flexibility index (Phi) is 5.22. The first-order valence-corrected chi connectivity index (χ1v) is 7.85. The molecular weight excluding hydrogens is 272 g/mol. The summed E-state index contributed by atoms with van der Waals surface area (Å²) in [5, 5.41) is 4.03. The first-order valence-electron chi connectivity index (χ1n) is 7.47. The molecule has 4 nitrogen and oxygen atoms in total. The van der Waals surface area contributed by atoms with Crippen LogP contribution in [0, 0.1) is 6.92 Å². The molecule has 0 aromatic carbocycles. The fourth-order valence-corrected chi connectivity index (χ4v) is 2.73. The molecule has 1 aliphatic heterocycles. The van der Waals surface area contributed by atoms with Gasteiger partial charge in [0.15, 0.2) is 0 Å². The van der Waals surface area contributed by atoms with Crippen LogP contribution in [0.4, 0.5) is 5.82 Å². The normalized spacial score (nSPS) is 20.4. The van der Waals surface area contributed by atoms with Crippen molar-refractivity contribution in [2.24, 2.45) is 0 Å². The van der Waals surface area contributed by atoms with E-state index in [0.717, 1.165) is 23.8 Å². The van der Waals surface area contributed by atoms with Crippen LogP contribution in [0.1, 0.15) is 50.4 Å². The lowest BCUT2D eigenvalue weighted by molar-refractivity contribution is 0.194. The molecule has 2 rings (SSSR count). The summed E-state index contributed by atoms with van der Waals surface area (Å²) in [6.07, 6.45) is 3.87. The van der Waals surface area contributed by atoms with Crippen LogP contribution in [0.5, 0.6) is 0 Å². The van der Waals surface area contributed by atoms with Gasteiger partial charge in [-0.2, -0.15) is 0 Å². The summed E-state index contributed by atoms with van der Waals surface area (Å²) in [6, 6.07) is 0.583. The molecule has 1 aromatic heterocycles. The molecular formula is C15H25ClN4. The Bertz CT molecular complexity index is 461. The van der Waals surface area contributed by atoms with E-state index < -0.39 is 0 Å². The van der Waals surface area contributed by atoms with E-state index in [0.29, 0.717) is 11.2 Å². The summed E-state index contributed by atoms with van der Waals surface area (Å²) < 4.78 is 0. The Morgan fingerprint density at radius 3 is 2.75 bits per heavy atom. The summed E-state index contributed by atoms with van der Waals surface area (Å²) in [6.45, 7) is 8.24. The minimum atomic E-state index is 0.283. The van der Waals surface area contributed by atoms with Gasteiger partial charge in [-0.25, -0.2) is 9.97 Å². The lowest BCUT2D eigenvalue weighted by Crippen LogP contribution is -2.41. The van der Waals surface area contributed by atoms with Gasteiger partial charge >= 0.3 is 0 Å². The number of hydrogen-bond acceptors (Lipinski definition) is 4. The van der Waals surface area contributed by atoms with Crippen LogP contribution in [0.25, 0.3) is 0 Å². The number of likely N-dealkylation sites (N-methyl/N-ethyl adjacent to an activating group) is 1. The minimum absolute atomic E-state index is 0.283. The zero-order chi connectivity index (χ0) is 14.7. The predicted molar refractivity (Wildman–Crippen MR) is 84.6 cm³/mol. The van der Waals surface area contributed by atoms with Crippen LogP contribution in [0.3, 0.4) is 0 Å². The summed E-state index contributed by atoms with van der Waals surface area (Å²) in [5.74, 6) is 1.97. The zero-order valence-electron chi connectivity index (χ0n) is 12.9. The molecule has 0 bridgehead atoms.